The maximum atomic E-state index is 11.9. The highest BCUT2D eigenvalue weighted by molar-refractivity contribution is 6.01. The van der Waals surface area contributed by atoms with Gasteiger partial charge >= 0.3 is 0 Å². The molecule has 1 amide bonds. The highest BCUT2D eigenvalue weighted by Crippen LogP contribution is 2.33. The SMILES string of the molecule is C=CCNC(=O)c1cc2c(OC)ccc(OC)c2[nH]1. The minimum absolute atomic E-state index is 0.194. The fraction of sp³-hybridized carbons (Fsp3) is 0.214. The van der Waals surface area contributed by atoms with Gasteiger partial charge in [-0.05, 0) is 18.2 Å². The summed E-state index contributed by atoms with van der Waals surface area (Å²) < 4.78 is 10.5. The molecule has 0 radical (unpaired) electrons. The lowest BCUT2D eigenvalue weighted by Gasteiger charge is -2.05. The van der Waals surface area contributed by atoms with Crippen molar-refractivity contribution in [2.24, 2.45) is 0 Å². The molecule has 5 heteroatoms. The standard InChI is InChI=1S/C14H16N2O3/c1-4-7-15-14(17)10-8-9-11(18-2)5-6-12(19-3)13(9)16-10/h4-6,8,16H,1,7H2,2-3H3,(H,15,17). The Morgan fingerprint density at radius 1 is 1.37 bits per heavy atom. The first kappa shape index (κ1) is 13.0. The lowest BCUT2D eigenvalue weighted by Crippen LogP contribution is -2.23. The Morgan fingerprint density at radius 3 is 2.68 bits per heavy atom. The van der Waals surface area contributed by atoms with Gasteiger partial charge in [-0.2, -0.15) is 0 Å². The number of fused-ring (bicyclic) bond motifs is 1. The van der Waals surface area contributed by atoms with Crippen LogP contribution in [0.2, 0.25) is 0 Å². The molecule has 0 unspecified atom stereocenters. The van der Waals surface area contributed by atoms with E-state index < -0.39 is 0 Å². The van der Waals surface area contributed by atoms with Gasteiger partial charge in [0.1, 0.15) is 17.2 Å². The molecule has 0 bridgehead atoms. The van der Waals surface area contributed by atoms with Crippen molar-refractivity contribution in [3.05, 3.63) is 36.5 Å². The molecule has 1 aromatic carbocycles. The van der Waals surface area contributed by atoms with E-state index in [-0.39, 0.29) is 5.91 Å². The summed E-state index contributed by atoms with van der Waals surface area (Å²) in [5.41, 5.74) is 1.20. The monoisotopic (exact) mass is 260 g/mol. The second-order valence-corrected chi connectivity index (χ2v) is 3.94. The van der Waals surface area contributed by atoms with Crippen molar-refractivity contribution in [1.82, 2.24) is 10.3 Å². The number of ether oxygens (including phenoxy) is 2. The Kier molecular flexibility index (Phi) is 3.75. The molecule has 19 heavy (non-hydrogen) atoms. The predicted molar refractivity (Wildman–Crippen MR) is 73.9 cm³/mol. The van der Waals surface area contributed by atoms with Crippen LogP contribution in [0.4, 0.5) is 0 Å². The van der Waals surface area contributed by atoms with Crippen LogP contribution in [-0.2, 0) is 0 Å². The number of H-pyrrole nitrogens is 1. The molecular formula is C14H16N2O3. The van der Waals surface area contributed by atoms with E-state index in [1.165, 1.54) is 0 Å². The van der Waals surface area contributed by atoms with Gasteiger partial charge in [-0.25, -0.2) is 0 Å². The Hall–Kier alpha value is -2.43. The first-order valence-electron chi connectivity index (χ1n) is 5.84. The van der Waals surface area contributed by atoms with Gasteiger partial charge < -0.3 is 19.8 Å². The summed E-state index contributed by atoms with van der Waals surface area (Å²) in [5, 5.41) is 3.53. The smallest absolute Gasteiger partial charge is 0.267 e. The molecule has 0 atom stereocenters. The van der Waals surface area contributed by atoms with Crippen molar-refractivity contribution in [1.29, 1.82) is 0 Å². The lowest BCUT2D eigenvalue weighted by molar-refractivity contribution is 0.0954. The lowest BCUT2D eigenvalue weighted by atomic mass is 10.2. The van der Waals surface area contributed by atoms with Crippen molar-refractivity contribution < 1.29 is 14.3 Å². The van der Waals surface area contributed by atoms with Crippen molar-refractivity contribution >= 4 is 16.8 Å². The number of aromatic nitrogens is 1. The van der Waals surface area contributed by atoms with Crippen LogP contribution in [-0.4, -0.2) is 31.7 Å². The molecule has 1 aromatic heterocycles. The number of carbonyl (C=O) groups excluding carboxylic acids is 1. The Morgan fingerprint density at radius 2 is 2.05 bits per heavy atom. The Labute approximate surface area is 111 Å². The maximum Gasteiger partial charge on any atom is 0.267 e. The number of nitrogens with one attached hydrogen (secondary N) is 2. The van der Waals surface area contributed by atoms with Crippen LogP contribution < -0.4 is 14.8 Å². The summed E-state index contributed by atoms with van der Waals surface area (Å²) in [6, 6.07) is 5.35. The first-order chi connectivity index (χ1) is 9.21. The molecule has 2 rings (SSSR count). The maximum absolute atomic E-state index is 11.9. The zero-order chi connectivity index (χ0) is 13.8. The zero-order valence-electron chi connectivity index (χ0n) is 10.9. The Bertz CT molecular complexity index is 575. The first-order valence-corrected chi connectivity index (χ1v) is 5.84. The number of carbonyl (C=O) groups is 1. The minimum Gasteiger partial charge on any atom is -0.496 e. The predicted octanol–water partition coefficient (Wildman–Crippen LogP) is 2.10. The van der Waals surface area contributed by atoms with E-state index in [0.29, 0.717) is 23.7 Å². The highest BCUT2D eigenvalue weighted by Gasteiger charge is 2.14. The average molecular weight is 260 g/mol. The normalized spacial score (nSPS) is 10.2. The fourth-order valence-corrected chi connectivity index (χ4v) is 1.90. The molecule has 0 aliphatic rings. The number of hydrogen-bond donors (Lipinski definition) is 2. The molecule has 100 valence electrons. The van der Waals surface area contributed by atoms with E-state index in [1.54, 1.807) is 38.5 Å². The number of aromatic amines is 1. The van der Waals surface area contributed by atoms with Crippen molar-refractivity contribution in [2.75, 3.05) is 20.8 Å². The summed E-state index contributed by atoms with van der Waals surface area (Å²) in [6.45, 7) is 3.98. The van der Waals surface area contributed by atoms with E-state index in [9.17, 15) is 4.79 Å². The van der Waals surface area contributed by atoms with Crippen molar-refractivity contribution in [2.45, 2.75) is 0 Å². The van der Waals surface area contributed by atoms with E-state index >= 15 is 0 Å². The Balaban J connectivity index is 2.48. The molecule has 1 heterocycles. The summed E-state index contributed by atoms with van der Waals surface area (Å²) in [7, 11) is 3.17. The van der Waals surface area contributed by atoms with Gasteiger partial charge in [-0.3, -0.25) is 4.79 Å². The van der Waals surface area contributed by atoms with Gasteiger partial charge in [-0.15, -0.1) is 6.58 Å². The molecular weight excluding hydrogens is 244 g/mol. The molecule has 2 aromatic rings. The van der Waals surface area contributed by atoms with E-state index in [2.05, 4.69) is 16.9 Å². The second kappa shape index (κ2) is 5.48. The molecule has 0 spiro atoms. The van der Waals surface area contributed by atoms with Gasteiger partial charge in [0.05, 0.1) is 19.7 Å². The quantitative estimate of drug-likeness (QED) is 0.809. The highest BCUT2D eigenvalue weighted by atomic mass is 16.5. The third-order valence-electron chi connectivity index (χ3n) is 2.81. The molecule has 0 saturated heterocycles. The minimum atomic E-state index is -0.194. The number of rotatable bonds is 5. The van der Waals surface area contributed by atoms with Gasteiger partial charge in [0, 0.05) is 11.9 Å². The van der Waals surface area contributed by atoms with Crippen molar-refractivity contribution in [3.63, 3.8) is 0 Å². The van der Waals surface area contributed by atoms with Gasteiger partial charge in [-0.1, -0.05) is 6.08 Å². The fourth-order valence-electron chi connectivity index (χ4n) is 1.90. The van der Waals surface area contributed by atoms with Gasteiger partial charge in [0.2, 0.25) is 0 Å². The molecule has 0 fully saturated rings. The topological polar surface area (TPSA) is 63.4 Å². The second-order valence-electron chi connectivity index (χ2n) is 3.94. The average Bonchev–Trinajstić information content (AvgIpc) is 2.88. The van der Waals surface area contributed by atoms with Crippen LogP contribution in [0, 0.1) is 0 Å². The van der Waals surface area contributed by atoms with Crippen molar-refractivity contribution in [3.8, 4) is 11.5 Å². The number of hydrogen-bond acceptors (Lipinski definition) is 3. The molecule has 5 nitrogen and oxygen atoms in total. The zero-order valence-corrected chi connectivity index (χ0v) is 10.9. The molecule has 2 N–H and O–H groups in total. The number of methoxy groups -OCH3 is 2. The third kappa shape index (κ3) is 2.40. The molecule has 0 aliphatic carbocycles. The number of benzene rings is 1. The number of amides is 1. The van der Waals surface area contributed by atoms with Crippen LogP contribution in [0.5, 0.6) is 11.5 Å². The van der Waals surface area contributed by atoms with Gasteiger partial charge in [0.15, 0.2) is 0 Å². The third-order valence-corrected chi connectivity index (χ3v) is 2.81. The molecule has 0 saturated carbocycles. The largest absolute Gasteiger partial charge is 0.496 e. The van der Waals surface area contributed by atoms with E-state index in [0.717, 1.165) is 10.9 Å². The van der Waals surface area contributed by atoms with Crippen LogP contribution in [0.1, 0.15) is 10.5 Å². The van der Waals surface area contributed by atoms with E-state index in [4.69, 9.17) is 9.47 Å². The van der Waals surface area contributed by atoms with Crippen LogP contribution in [0.25, 0.3) is 10.9 Å². The van der Waals surface area contributed by atoms with E-state index in [1.807, 2.05) is 0 Å². The molecule has 0 aliphatic heterocycles. The van der Waals surface area contributed by atoms with Crippen LogP contribution >= 0.6 is 0 Å². The summed E-state index contributed by atoms with van der Waals surface area (Å²) in [5.74, 6) is 1.16. The summed E-state index contributed by atoms with van der Waals surface area (Å²) >= 11 is 0. The summed E-state index contributed by atoms with van der Waals surface area (Å²) in [4.78, 5) is 14.9. The summed E-state index contributed by atoms with van der Waals surface area (Å²) in [6.07, 6.45) is 1.63. The van der Waals surface area contributed by atoms with Crippen LogP contribution in [0.3, 0.4) is 0 Å². The van der Waals surface area contributed by atoms with Crippen LogP contribution in [0.15, 0.2) is 30.9 Å². The van der Waals surface area contributed by atoms with Gasteiger partial charge in [0.25, 0.3) is 5.91 Å².